The van der Waals surface area contributed by atoms with Crippen molar-refractivity contribution >= 4 is 11.8 Å². The van der Waals surface area contributed by atoms with Crippen molar-refractivity contribution in [2.45, 2.75) is 57.3 Å². The van der Waals surface area contributed by atoms with Gasteiger partial charge in [0.25, 0.3) is 5.78 Å². The predicted octanol–water partition coefficient (Wildman–Crippen LogP) is 2.00. The molecule has 144 valence electrons. The van der Waals surface area contributed by atoms with Gasteiger partial charge in [0.2, 0.25) is 0 Å². The van der Waals surface area contributed by atoms with Crippen LogP contribution in [-0.4, -0.2) is 54.8 Å². The Bertz CT molecular complexity index is 847. The highest BCUT2D eigenvalue weighted by atomic mass is 16.5. The van der Waals surface area contributed by atoms with Gasteiger partial charge in [-0.25, -0.2) is 14.3 Å². The van der Waals surface area contributed by atoms with Crippen LogP contribution >= 0.6 is 0 Å². The van der Waals surface area contributed by atoms with E-state index >= 15 is 0 Å². The number of aromatic nitrogens is 4. The summed E-state index contributed by atoms with van der Waals surface area (Å²) in [6, 6.07) is 1.73. The normalized spacial score (nSPS) is 31.7. The fourth-order valence-corrected chi connectivity index (χ4v) is 5.43. The first-order valence-corrected chi connectivity index (χ1v) is 9.82. The molecule has 1 N–H and O–H groups in total. The second-order valence-corrected chi connectivity index (χ2v) is 8.91. The number of hydrogen-bond acceptors (Lipinski definition) is 5. The molecule has 1 aliphatic heterocycles. The summed E-state index contributed by atoms with van der Waals surface area (Å²) in [5, 5.41) is 7.33. The van der Waals surface area contributed by atoms with Crippen LogP contribution in [0.3, 0.4) is 0 Å². The third kappa shape index (κ3) is 2.96. The number of nitrogens with zero attached hydrogens (tertiary/aromatic N) is 5. The van der Waals surface area contributed by atoms with E-state index in [0.717, 1.165) is 12.3 Å². The molecule has 0 unspecified atom stereocenters. The average molecular weight is 370 g/mol. The van der Waals surface area contributed by atoms with Gasteiger partial charge in [0.1, 0.15) is 0 Å². The van der Waals surface area contributed by atoms with Gasteiger partial charge in [-0.1, -0.05) is 0 Å². The van der Waals surface area contributed by atoms with Crippen molar-refractivity contribution in [1.82, 2.24) is 29.8 Å². The zero-order valence-electron chi connectivity index (χ0n) is 15.9. The molecule has 5 rings (SSSR count). The summed E-state index contributed by atoms with van der Waals surface area (Å²) in [4.78, 5) is 23.3. The largest absolute Gasteiger partial charge is 0.365 e. The van der Waals surface area contributed by atoms with Gasteiger partial charge in [0.15, 0.2) is 5.82 Å². The van der Waals surface area contributed by atoms with Crippen LogP contribution in [0, 0.1) is 11.8 Å². The SMILES string of the molecule is CC1(C)CN(C(=O)NCc2nc3ncccn3n2)C[C@]2(C[C@@H]3CC[C@H]2C3)O1. The summed E-state index contributed by atoms with van der Waals surface area (Å²) >= 11 is 0. The average Bonchev–Trinajstić information content (AvgIpc) is 3.31. The van der Waals surface area contributed by atoms with Crippen LogP contribution < -0.4 is 5.32 Å². The number of morpholine rings is 1. The topological polar surface area (TPSA) is 84.7 Å². The molecule has 3 heterocycles. The molecule has 3 atom stereocenters. The van der Waals surface area contributed by atoms with E-state index in [1.807, 2.05) is 4.90 Å². The highest BCUT2D eigenvalue weighted by Crippen LogP contribution is 2.55. The van der Waals surface area contributed by atoms with Crippen molar-refractivity contribution in [3.63, 3.8) is 0 Å². The molecule has 8 heteroatoms. The Kier molecular flexibility index (Phi) is 3.69. The van der Waals surface area contributed by atoms with Gasteiger partial charge in [0.05, 0.1) is 30.8 Å². The summed E-state index contributed by atoms with van der Waals surface area (Å²) in [6.07, 6.45) is 8.36. The van der Waals surface area contributed by atoms with E-state index in [4.69, 9.17) is 4.74 Å². The summed E-state index contributed by atoms with van der Waals surface area (Å²) in [5.74, 6) is 2.45. The number of carbonyl (C=O) groups is 1. The number of rotatable bonds is 2. The molecule has 0 radical (unpaired) electrons. The number of fused-ring (bicyclic) bond motifs is 4. The summed E-state index contributed by atoms with van der Waals surface area (Å²) in [5.41, 5.74) is -0.488. The number of urea groups is 1. The minimum Gasteiger partial charge on any atom is -0.365 e. The lowest BCUT2D eigenvalue weighted by Gasteiger charge is -2.52. The van der Waals surface area contributed by atoms with Crippen LogP contribution in [-0.2, 0) is 11.3 Å². The molecule has 8 nitrogen and oxygen atoms in total. The van der Waals surface area contributed by atoms with Crippen LogP contribution in [0.5, 0.6) is 0 Å². The maximum Gasteiger partial charge on any atom is 0.317 e. The molecule has 2 bridgehead atoms. The van der Waals surface area contributed by atoms with E-state index in [1.54, 1.807) is 23.0 Å². The third-order valence-corrected chi connectivity index (χ3v) is 6.27. The van der Waals surface area contributed by atoms with Crippen molar-refractivity contribution in [3.8, 4) is 0 Å². The quantitative estimate of drug-likeness (QED) is 0.874. The van der Waals surface area contributed by atoms with Crippen molar-refractivity contribution in [2.24, 2.45) is 11.8 Å². The third-order valence-electron chi connectivity index (χ3n) is 6.27. The highest BCUT2D eigenvalue weighted by Gasteiger charge is 2.57. The summed E-state index contributed by atoms with van der Waals surface area (Å²) in [7, 11) is 0. The molecule has 3 aliphatic rings. The Morgan fingerprint density at radius 1 is 1.37 bits per heavy atom. The number of ether oxygens (including phenoxy) is 1. The lowest BCUT2D eigenvalue weighted by Crippen LogP contribution is -2.64. The molecule has 2 aliphatic carbocycles. The van der Waals surface area contributed by atoms with Crippen molar-refractivity contribution in [1.29, 1.82) is 0 Å². The molecule has 2 aromatic rings. The lowest BCUT2D eigenvalue weighted by molar-refractivity contribution is -0.208. The van der Waals surface area contributed by atoms with Gasteiger partial charge in [-0.05, 0) is 57.4 Å². The van der Waals surface area contributed by atoms with Gasteiger partial charge in [-0.2, -0.15) is 4.98 Å². The number of nitrogens with one attached hydrogen (secondary N) is 1. The van der Waals surface area contributed by atoms with Gasteiger partial charge < -0.3 is 15.0 Å². The molecule has 1 saturated heterocycles. The Balaban J connectivity index is 1.29. The monoisotopic (exact) mass is 370 g/mol. The number of hydrogen-bond donors (Lipinski definition) is 1. The second kappa shape index (κ2) is 5.89. The first-order chi connectivity index (χ1) is 12.9. The fraction of sp³-hybridized carbons (Fsp3) is 0.684. The van der Waals surface area contributed by atoms with Gasteiger partial charge >= 0.3 is 6.03 Å². The van der Waals surface area contributed by atoms with Crippen LogP contribution in [0.1, 0.15) is 45.4 Å². The first-order valence-electron chi connectivity index (χ1n) is 9.82. The maximum absolute atomic E-state index is 12.9. The Hall–Kier alpha value is -2.22. The van der Waals surface area contributed by atoms with Gasteiger partial charge in [-0.15, -0.1) is 5.10 Å². The molecular weight excluding hydrogens is 344 g/mol. The van der Waals surface area contributed by atoms with Crippen LogP contribution in [0.25, 0.3) is 5.78 Å². The van der Waals surface area contributed by atoms with E-state index < -0.39 is 0 Å². The van der Waals surface area contributed by atoms with E-state index in [0.29, 0.717) is 37.2 Å². The zero-order chi connectivity index (χ0) is 18.6. The van der Waals surface area contributed by atoms with Crippen molar-refractivity contribution < 1.29 is 9.53 Å². The molecule has 1 spiro atoms. The standard InChI is InChI=1S/C19H26N6O2/c1-18(2)11-24(12-19(27-18)9-13-4-5-14(19)8-13)17(26)21-10-15-22-16-20-6-3-7-25(16)23-15/h3,6-7,13-14H,4-5,8-12H2,1-2H3,(H,21,26)/t13-,14+,19+/m1/s1. The molecule has 2 aromatic heterocycles. The lowest BCUT2D eigenvalue weighted by atomic mass is 9.81. The molecule has 0 aromatic carbocycles. The Morgan fingerprint density at radius 2 is 2.26 bits per heavy atom. The maximum atomic E-state index is 12.9. The van der Waals surface area contributed by atoms with E-state index in [-0.39, 0.29) is 17.2 Å². The minimum atomic E-state index is -0.328. The predicted molar refractivity (Wildman–Crippen MR) is 97.9 cm³/mol. The molecular formula is C19H26N6O2. The van der Waals surface area contributed by atoms with Gasteiger partial charge in [0, 0.05) is 12.4 Å². The molecule has 27 heavy (non-hydrogen) atoms. The van der Waals surface area contributed by atoms with Crippen molar-refractivity contribution in [2.75, 3.05) is 13.1 Å². The fourth-order valence-electron chi connectivity index (χ4n) is 5.43. The summed E-state index contributed by atoms with van der Waals surface area (Å²) in [6.45, 7) is 5.76. The van der Waals surface area contributed by atoms with Crippen LogP contribution in [0.4, 0.5) is 4.79 Å². The zero-order valence-corrected chi connectivity index (χ0v) is 15.9. The smallest absolute Gasteiger partial charge is 0.317 e. The Labute approximate surface area is 158 Å². The van der Waals surface area contributed by atoms with Crippen LogP contribution in [0.2, 0.25) is 0 Å². The number of amides is 2. The van der Waals surface area contributed by atoms with E-state index in [9.17, 15) is 4.79 Å². The highest BCUT2D eigenvalue weighted by molar-refractivity contribution is 5.74. The van der Waals surface area contributed by atoms with Gasteiger partial charge in [-0.3, -0.25) is 0 Å². The molecule has 2 amide bonds. The van der Waals surface area contributed by atoms with E-state index in [2.05, 4.69) is 34.2 Å². The Morgan fingerprint density at radius 3 is 3.00 bits per heavy atom. The first kappa shape index (κ1) is 16.9. The van der Waals surface area contributed by atoms with Crippen molar-refractivity contribution in [3.05, 3.63) is 24.3 Å². The second-order valence-electron chi connectivity index (χ2n) is 8.91. The van der Waals surface area contributed by atoms with Crippen LogP contribution in [0.15, 0.2) is 18.5 Å². The number of carbonyl (C=O) groups excluding carboxylic acids is 1. The minimum absolute atomic E-state index is 0.0691. The summed E-state index contributed by atoms with van der Waals surface area (Å²) < 4.78 is 8.20. The van der Waals surface area contributed by atoms with E-state index in [1.165, 1.54) is 19.3 Å². The molecule has 2 saturated carbocycles. The molecule has 3 fully saturated rings.